The Bertz CT molecular complexity index is 573. The van der Waals surface area contributed by atoms with Crippen molar-refractivity contribution in [3.63, 3.8) is 0 Å². The van der Waals surface area contributed by atoms with E-state index in [4.69, 9.17) is 9.29 Å². The maximum absolute atomic E-state index is 12.0. The molecule has 0 bridgehead atoms. The molecule has 0 saturated carbocycles. The average molecular weight is 429 g/mol. The van der Waals surface area contributed by atoms with Crippen LogP contribution in [0.25, 0.3) is 0 Å². The Labute approximate surface area is 191 Å². The van der Waals surface area contributed by atoms with Crippen molar-refractivity contribution in [2.45, 2.75) is 96.3 Å². The zero-order valence-corrected chi connectivity index (χ0v) is 20.3. The quantitative estimate of drug-likeness (QED) is 0.122. The Morgan fingerprint density at radius 3 is 1.82 bits per heavy atom. The molecule has 0 aliphatic carbocycles. The Morgan fingerprint density at radius 2 is 1.43 bits per heavy atom. The molecule has 0 heterocycles. The smallest absolute Gasteiger partial charge is 0.545 e. The molecule has 0 rings (SSSR count). The molecule has 28 heavy (non-hydrogen) atoms. The van der Waals surface area contributed by atoms with Gasteiger partial charge in [0.1, 0.15) is 0 Å². The summed E-state index contributed by atoms with van der Waals surface area (Å²) in [5.41, 5.74) is -1.86. The zero-order chi connectivity index (χ0) is 20.7. The summed E-state index contributed by atoms with van der Waals surface area (Å²) < 4.78 is 36.0. The van der Waals surface area contributed by atoms with E-state index in [0.717, 1.165) is 19.3 Å². The van der Waals surface area contributed by atoms with Gasteiger partial charge in [0.25, 0.3) is 0 Å². The van der Waals surface area contributed by atoms with Gasteiger partial charge in [0.2, 0.25) is 5.44 Å². The molecule has 0 aromatic rings. The molecule has 1 N–H and O–H groups in total. The summed E-state index contributed by atoms with van der Waals surface area (Å²) in [4.78, 5) is 22.8. The molecular formula is C19H33NaO7S. The van der Waals surface area contributed by atoms with Gasteiger partial charge in [0.05, 0.1) is 5.97 Å². The van der Waals surface area contributed by atoms with Crippen LogP contribution in [-0.2, 0) is 24.4 Å². The second kappa shape index (κ2) is 17.4. The number of ether oxygens (including phenoxy) is 1. The Hall–Kier alpha value is -0.410. The Balaban J connectivity index is 0. The van der Waals surface area contributed by atoms with E-state index in [1.54, 1.807) is 0 Å². The number of unbranched alkanes of at least 4 members (excludes halogenated alkanes) is 9. The van der Waals surface area contributed by atoms with Crippen molar-refractivity contribution >= 4 is 22.1 Å². The third-order valence-corrected chi connectivity index (χ3v) is 5.35. The number of hydrogen-bond donors (Lipinski definition) is 1. The first-order valence-corrected chi connectivity index (χ1v) is 11.3. The second-order valence-corrected chi connectivity index (χ2v) is 8.23. The predicted molar refractivity (Wildman–Crippen MR) is 101 cm³/mol. The van der Waals surface area contributed by atoms with Crippen molar-refractivity contribution < 1.29 is 62.0 Å². The van der Waals surface area contributed by atoms with Crippen LogP contribution in [0.15, 0.2) is 11.6 Å². The fraction of sp³-hybridized carbons (Fsp3) is 0.789. The molecule has 0 aliphatic rings. The van der Waals surface area contributed by atoms with Gasteiger partial charge in [-0.05, 0) is 25.3 Å². The number of esters is 1. The number of hydrogen-bond acceptors (Lipinski definition) is 6. The predicted octanol–water partition coefficient (Wildman–Crippen LogP) is 0.145. The number of carboxylic acid groups (broad SMARTS) is 1. The largest absolute Gasteiger partial charge is 1.00 e. The maximum atomic E-state index is 12.0. The number of carboxylic acids is 1. The van der Waals surface area contributed by atoms with Crippen molar-refractivity contribution in [3.8, 4) is 0 Å². The molecule has 0 radical (unpaired) electrons. The molecule has 0 fully saturated rings. The first-order chi connectivity index (χ1) is 12.7. The van der Waals surface area contributed by atoms with E-state index in [1.165, 1.54) is 45.4 Å². The molecule has 0 spiro atoms. The van der Waals surface area contributed by atoms with Gasteiger partial charge in [-0.2, -0.15) is 8.42 Å². The molecule has 1 atom stereocenters. The minimum Gasteiger partial charge on any atom is -0.545 e. The van der Waals surface area contributed by atoms with Crippen molar-refractivity contribution in [3.05, 3.63) is 11.6 Å². The second-order valence-electron chi connectivity index (χ2n) is 6.68. The van der Waals surface area contributed by atoms with E-state index in [0.29, 0.717) is 12.5 Å². The van der Waals surface area contributed by atoms with Crippen LogP contribution in [0.4, 0.5) is 0 Å². The van der Waals surface area contributed by atoms with Gasteiger partial charge in [-0.25, -0.2) is 4.79 Å². The van der Waals surface area contributed by atoms with Crippen LogP contribution in [0.5, 0.6) is 0 Å². The first kappa shape index (κ1) is 29.8. The fourth-order valence-electron chi connectivity index (χ4n) is 2.73. The monoisotopic (exact) mass is 428 g/mol. The third kappa shape index (κ3) is 15.5. The molecule has 0 saturated heterocycles. The van der Waals surface area contributed by atoms with E-state index in [9.17, 15) is 23.1 Å². The summed E-state index contributed by atoms with van der Waals surface area (Å²) in [7, 11) is -4.55. The summed E-state index contributed by atoms with van der Waals surface area (Å²) in [6.45, 7) is 3.61. The SMILES string of the molecule is CCCCCCCCCCCCC(=CC(=O)[O-])C(=O)OC(CC)S(=O)(=O)O.[Na+]. The van der Waals surface area contributed by atoms with E-state index in [2.05, 4.69) is 6.92 Å². The standard InChI is InChI=1S/C19H34O7S.Na/c1-3-5-6-7-8-9-10-11-12-13-14-16(15-17(20)21)19(22)26-18(4-2)27(23,24)25;/h15,18H,3-14H2,1-2H3,(H,20,21)(H,23,24,25);/q;+1/p-1. The molecule has 0 aliphatic heterocycles. The van der Waals surface area contributed by atoms with Crippen LogP contribution in [0.3, 0.4) is 0 Å². The van der Waals surface area contributed by atoms with E-state index in [1.807, 2.05) is 0 Å². The van der Waals surface area contributed by atoms with Crippen molar-refractivity contribution in [2.75, 3.05) is 0 Å². The minimum absolute atomic E-state index is 0. The third-order valence-electron chi connectivity index (χ3n) is 4.26. The molecule has 1 unspecified atom stereocenters. The van der Waals surface area contributed by atoms with Crippen LogP contribution >= 0.6 is 0 Å². The van der Waals surface area contributed by atoms with Gasteiger partial charge in [-0.1, -0.05) is 71.6 Å². The topological polar surface area (TPSA) is 121 Å². The van der Waals surface area contributed by atoms with Crippen LogP contribution in [0.1, 0.15) is 90.9 Å². The fourth-order valence-corrected chi connectivity index (χ4v) is 3.36. The molecule has 0 amide bonds. The Morgan fingerprint density at radius 1 is 0.964 bits per heavy atom. The first-order valence-electron chi connectivity index (χ1n) is 9.81. The van der Waals surface area contributed by atoms with Gasteiger partial charge >= 0.3 is 45.6 Å². The van der Waals surface area contributed by atoms with Gasteiger partial charge in [-0.15, -0.1) is 0 Å². The average Bonchev–Trinajstić information content (AvgIpc) is 2.58. The number of aliphatic carboxylic acids is 1. The van der Waals surface area contributed by atoms with E-state index in [-0.39, 0.29) is 48.0 Å². The number of carbonyl (C=O) groups is 2. The van der Waals surface area contributed by atoms with Crippen molar-refractivity contribution in [1.29, 1.82) is 0 Å². The van der Waals surface area contributed by atoms with Crippen LogP contribution < -0.4 is 34.7 Å². The summed E-state index contributed by atoms with van der Waals surface area (Å²) in [6, 6.07) is 0. The summed E-state index contributed by atoms with van der Waals surface area (Å²) in [6.07, 6.45) is 11.6. The van der Waals surface area contributed by atoms with Gasteiger partial charge in [0.15, 0.2) is 0 Å². The normalized spacial score (nSPS) is 12.9. The van der Waals surface area contributed by atoms with Crippen LogP contribution in [0.2, 0.25) is 0 Å². The molecular weight excluding hydrogens is 395 g/mol. The van der Waals surface area contributed by atoms with E-state index < -0.39 is 27.5 Å². The summed E-state index contributed by atoms with van der Waals surface area (Å²) >= 11 is 0. The van der Waals surface area contributed by atoms with Crippen molar-refractivity contribution in [1.82, 2.24) is 0 Å². The number of carbonyl (C=O) groups excluding carboxylic acids is 2. The maximum Gasteiger partial charge on any atom is 1.00 e. The molecule has 7 nitrogen and oxygen atoms in total. The van der Waals surface area contributed by atoms with Gasteiger partial charge in [0, 0.05) is 5.57 Å². The van der Waals surface area contributed by atoms with Crippen LogP contribution in [-0.4, -0.2) is 30.3 Å². The van der Waals surface area contributed by atoms with Crippen molar-refractivity contribution in [2.24, 2.45) is 0 Å². The Kier molecular flexibility index (Phi) is 18.6. The molecule has 0 aromatic carbocycles. The van der Waals surface area contributed by atoms with Crippen LogP contribution in [0, 0.1) is 0 Å². The molecule has 9 heteroatoms. The minimum atomic E-state index is -4.55. The summed E-state index contributed by atoms with van der Waals surface area (Å²) in [5.74, 6) is -2.60. The van der Waals surface area contributed by atoms with Gasteiger partial charge in [-0.3, -0.25) is 4.55 Å². The molecule has 0 aromatic heterocycles. The molecule has 158 valence electrons. The summed E-state index contributed by atoms with van der Waals surface area (Å²) in [5, 5.41) is 10.8. The zero-order valence-electron chi connectivity index (χ0n) is 17.4. The van der Waals surface area contributed by atoms with E-state index >= 15 is 0 Å². The van der Waals surface area contributed by atoms with Gasteiger partial charge < -0.3 is 14.6 Å². The number of rotatable bonds is 16.